The number of carbonyl (C=O) groups is 3. The molecule has 0 aromatic heterocycles. The maximum absolute atomic E-state index is 12.8. The van der Waals surface area contributed by atoms with Gasteiger partial charge in [-0.3, -0.25) is 14.5 Å². The number of hydrogen-bond acceptors (Lipinski definition) is 6. The smallest absolute Gasteiger partial charge is 0.369 e. The molecule has 0 spiro atoms. The van der Waals surface area contributed by atoms with Crippen LogP contribution < -0.4 is 10.2 Å². The molecule has 2 fully saturated rings. The number of hydrogen-bond donors (Lipinski definition) is 1. The van der Waals surface area contributed by atoms with E-state index in [4.69, 9.17) is 0 Å². The van der Waals surface area contributed by atoms with Crippen molar-refractivity contribution >= 4 is 23.4 Å². The number of benzene rings is 1. The van der Waals surface area contributed by atoms with Crippen LogP contribution in [0.3, 0.4) is 0 Å². The third-order valence-electron chi connectivity index (χ3n) is 5.10. The molecule has 8 nitrogen and oxygen atoms in total. The van der Waals surface area contributed by atoms with Crippen molar-refractivity contribution in [3.8, 4) is 0 Å². The van der Waals surface area contributed by atoms with E-state index in [0.717, 1.165) is 36.8 Å². The van der Waals surface area contributed by atoms with Crippen LogP contribution in [0.2, 0.25) is 0 Å². The summed E-state index contributed by atoms with van der Waals surface area (Å²) in [5, 5.41) is 3.28. The van der Waals surface area contributed by atoms with E-state index >= 15 is 0 Å². The molecule has 1 aromatic rings. The van der Waals surface area contributed by atoms with Crippen molar-refractivity contribution in [3.63, 3.8) is 0 Å². The minimum Gasteiger partial charge on any atom is -0.369 e. The minimum atomic E-state index is -0.551. The fourth-order valence-electron chi connectivity index (χ4n) is 3.71. The van der Waals surface area contributed by atoms with E-state index in [1.807, 2.05) is 6.07 Å². The lowest BCUT2D eigenvalue weighted by atomic mass is 10.1. The van der Waals surface area contributed by atoms with Gasteiger partial charge in [0.05, 0.1) is 22.3 Å². The summed E-state index contributed by atoms with van der Waals surface area (Å²) in [5.74, 6) is -1.24. The van der Waals surface area contributed by atoms with E-state index < -0.39 is 11.9 Å². The van der Waals surface area contributed by atoms with Gasteiger partial charge in [-0.25, -0.2) is 4.79 Å². The molecular weight excluding hydrogens is 324 g/mol. The molecule has 1 N–H and O–H groups in total. The molecule has 1 aromatic carbocycles. The van der Waals surface area contributed by atoms with Crippen molar-refractivity contribution < 1.29 is 19.1 Å². The summed E-state index contributed by atoms with van der Waals surface area (Å²) in [6.45, 7) is 3.31. The van der Waals surface area contributed by atoms with Crippen LogP contribution in [0.5, 0.6) is 0 Å². The maximum atomic E-state index is 12.8. The first-order valence-corrected chi connectivity index (χ1v) is 8.51. The van der Waals surface area contributed by atoms with Crippen LogP contribution in [0.15, 0.2) is 18.2 Å². The molecule has 0 saturated carbocycles. The van der Waals surface area contributed by atoms with Crippen LogP contribution in [0.25, 0.3) is 0 Å². The van der Waals surface area contributed by atoms with Gasteiger partial charge in [-0.2, -0.15) is 0 Å². The predicted octanol–water partition coefficient (Wildman–Crippen LogP) is 0.160. The highest BCUT2D eigenvalue weighted by atomic mass is 16.3. The minimum absolute atomic E-state index is 0.0631. The predicted molar refractivity (Wildman–Crippen MR) is 88.5 cm³/mol. The number of rotatable bonds is 2. The third kappa shape index (κ3) is 2.62. The summed E-state index contributed by atoms with van der Waals surface area (Å²) < 4.78 is 0.351. The number of carbonyl (C=O) groups excluding carboxylic acids is 3. The molecule has 0 radical (unpaired) electrons. The monoisotopic (exact) mass is 343 g/mol. The topological polar surface area (TPSA) is 89.8 Å². The number of nitroso groups, excluding NO2 is 1. The summed E-state index contributed by atoms with van der Waals surface area (Å²) >= 11 is 0. The molecule has 3 heterocycles. The highest BCUT2D eigenvalue weighted by Crippen LogP contribution is 2.30. The van der Waals surface area contributed by atoms with Crippen molar-refractivity contribution in [1.82, 2.24) is 10.2 Å². The van der Waals surface area contributed by atoms with E-state index in [9.17, 15) is 19.3 Å². The molecule has 3 aliphatic rings. The summed E-state index contributed by atoms with van der Waals surface area (Å²) in [6, 6.07) is 4.77. The van der Waals surface area contributed by atoms with Crippen LogP contribution in [-0.4, -0.2) is 66.1 Å². The number of piperazine rings is 1. The van der Waals surface area contributed by atoms with E-state index in [1.165, 1.54) is 0 Å². The lowest BCUT2D eigenvalue weighted by molar-refractivity contribution is -0.481. The van der Waals surface area contributed by atoms with Gasteiger partial charge in [-0.1, -0.05) is 0 Å². The zero-order valence-electron chi connectivity index (χ0n) is 13.7. The van der Waals surface area contributed by atoms with Crippen molar-refractivity contribution in [2.24, 2.45) is 0 Å². The molecule has 130 valence electrons. The second kappa shape index (κ2) is 6.03. The van der Waals surface area contributed by atoms with Gasteiger partial charge in [0, 0.05) is 36.8 Å². The fraction of sp³-hybridized carbons (Fsp3) is 0.471. The van der Waals surface area contributed by atoms with Crippen LogP contribution >= 0.6 is 0 Å². The normalized spacial score (nSPS) is 24.1. The number of piperidine rings is 1. The summed E-state index contributed by atoms with van der Waals surface area (Å²) in [7, 11) is 0. The maximum Gasteiger partial charge on any atom is 0.433 e. The largest absolute Gasteiger partial charge is 0.433 e. The van der Waals surface area contributed by atoms with Gasteiger partial charge in [-0.15, -0.1) is 0 Å². The van der Waals surface area contributed by atoms with Gasteiger partial charge in [-0.05, 0) is 24.6 Å². The Hall–Kier alpha value is -2.61. The van der Waals surface area contributed by atoms with Gasteiger partial charge in [0.25, 0.3) is 11.8 Å². The molecule has 3 amide bonds. The van der Waals surface area contributed by atoms with Crippen LogP contribution in [0, 0.1) is 4.91 Å². The first kappa shape index (κ1) is 15.9. The Bertz CT molecular complexity index is 785. The Morgan fingerprint density at radius 2 is 1.76 bits per heavy atom. The van der Waals surface area contributed by atoms with Crippen LogP contribution in [0.4, 0.5) is 5.69 Å². The molecular formula is C17H19N4O4+. The van der Waals surface area contributed by atoms with Crippen LogP contribution in [0.1, 0.15) is 33.6 Å². The first-order chi connectivity index (χ1) is 12.1. The van der Waals surface area contributed by atoms with E-state index in [1.54, 1.807) is 12.1 Å². The number of nitrogens with zero attached hydrogens (tertiary/aromatic N) is 3. The standard InChI is InChI=1S/C17H19N4O4/c22-15-4-2-12(10-20(15)25)21-16(23)13-3-1-11(9-14(13)17(21)24)19-7-5-18-6-8-19/h1,3,9,12,18H,2,4-8,10H2/q+1. The van der Waals surface area contributed by atoms with Gasteiger partial charge in [0.15, 0.2) is 0 Å². The summed E-state index contributed by atoms with van der Waals surface area (Å²) in [5.41, 5.74) is 1.68. The second-order valence-electron chi connectivity index (χ2n) is 6.59. The van der Waals surface area contributed by atoms with Gasteiger partial charge in [0.1, 0.15) is 6.04 Å². The molecule has 8 heteroatoms. The fourth-order valence-corrected chi connectivity index (χ4v) is 3.71. The van der Waals surface area contributed by atoms with Crippen molar-refractivity contribution in [2.75, 3.05) is 37.6 Å². The summed E-state index contributed by atoms with van der Waals surface area (Å²) in [4.78, 5) is 51.8. The Morgan fingerprint density at radius 1 is 1.04 bits per heavy atom. The van der Waals surface area contributed by atoms with E-state index in [0.29, 0.717) is 22.3 Å². The lowest BCUT2D eigenvalue weighted by Gasteiger charge is -2.29. The van der Waals surface area contributed by atoms with Crippen molar-refractivity contribution in [1.29, 1.82) is 0 Å². The highest BCUT2D eigenvalue weighted by molar-refractivity contribution is 6.22. The number of imide groups is 1. The lowest BCUT2D eigenvalue weighted by Crippen LogP contribution is -2.48. The van der Waals surface area contributed by atoms with Gasteiger partial charge < -0.3 is 10.2 Å². The van der Waals surface area contributed by atoms with Crippen molar-refractivity contribution in [2.45, 2.75) is 18.9 Å². The number of nitrogens with one attached hydrogen (secondary N) is 1. The van der Waals surface area contributed by atoms with Crippen molar-refractivity contribution in [3.05, 3.63) is 34.2 Å². The molecule has 1 atom stereocenters. The average molecular weight is 343 g/mol. The molecule has 0 bridgehead atoms. The molecule has 4 rings (SSSR count). The second-order valence-corrected chi connectivity index (χ2v) is 6.59. The Labute approximate surface area is 144 Å². The molecule has 0 aliphatic carbocycles. The third-order valence-corrected chi connectivity index (χ3v) is 5.10. The molecule has 25 heavy (non-hydrogen) atoms. The summed E-state index contributed by atoms with van der Waals surface area (Å²) in [6.07, 6.45) is 0.404. The van der Waals surface area contributed by atoms with E-state index in [2.05, 4.69) is 10.2 Å². The zero-order valence-corrected chi connectivity index (χ0v) is 13.7. The first-order valence-electron chi connectivity index (χ1n) is 8.51. The number of amides is 3. The highest BCUT2D eigenvalue weighted by Gasteiger charge is 2.46. The quantitative estimate of drug-likeness (QED) is 0.608. The Balaban J connectivity index is 1.61. The van der Waals surface area contributed by atoms with E-state index in [-0.39, 0.29) is 24.8 Å². The Morgan fingerprint density at radius 3 is 2.48 bits per heavy atom. The Kier molecular flexibility index (Phi) is 3.84. The molecule has 1 unspecified atom stereocenters. The number of fused-ring (bicyclic) bond motifs is 1. The molecule has 2 saturated heterocycles. The van der Waals surface area contributed by atoms with Gasteiger partial charge >= 0.3 is 5.91 Å². The van der Waals surface area contributed by atoms with Crippen LogP contribution in [-0.2, 0) is 4.79 Å². The van der Waals surface area contributed by atoms with Gasteiger partial charge in [0.2, 0.25) is 6.54 Å². The molecule has 3 aliphatic heterocycles. The zero-order chi connectivity index (χ0) is 17.6. The average Bonchev–Trinajstić information content (AvgIpc) is 2.89. The number of anilines is 1. The SMILES string of the molecule is O=C1c2ccc(N3CCNCC3)cc2C(=O)N1C1CCC(=O)[N+](=O)C1.